The maximum atomic E-state index is 12.5. The third-order valence-corrected chi connectivity index (χ3v) is 4.07. The largest absolute Gasteiger partial charge is 0.493 e. The van der Waals surface area contributed by atoms with Gasteiger partial charge < -0.3 is 14.8 Å². The minimum Gasteiger partial charge on any atom is -0.493 e. The van der Waals surface area contributed by atoms with Gasteiger partial charge in [0.05, 0.1) is 12.0 Å². The summed E-state index contributed by atoms with van der Waals surface area (Å²) in [7, 11) is 1.56. The summed E-state index contributed by atoms with van der Waals surface area (Å²) in [4.78, 5) is 23.2. The number of methoxy groups -OCH3 is 1. The minimum atomic E-state index is -0.547. The first kappa shape index (κ1) is 18.9. The second-order valence-electron chi connectivity index (χ2n) is 5.96. The highest BCUT2D eigenvalue weighted by Crippen LogP contribution is 2.31. The molecule has 0 radical (unpaired) electrons. The first-order chi connectivity index (χ1) is 13.5. The van der Waals surface area contributed by atoms with Crippen LogP contribution in [0.1, 0.15) is 15.9 Å². The van der Waals surface area contributed by atoms with Crippen LogP contribution in [0.3, 0.4) is 0 Å². The van der Waals surface area contributed by atoms with Gasteiger partial charge in [0.25, 0.3) is 11.6 Å². The fourth-order valence-corrected chi connectivity index (χ4v) is 2.72. The monoisotopic (exact) mass is 378 g/mol. The van der Waals surface area contributed by atoms with Crippen LogP contribution in [0.4, 0.5) is 11.4 Å². The number of nitro benzene ring substituents is 1. The number of hydrogen-bond acceptors (Lipinski definition) is 5. The van der Waals surface area contributed by atoms with Gasteiger partial charge in [-0.15, -0.1) is 0 Å². The average molecular weight is 378 g/mol. The van der Waals surface area contributed by atoms with Crippen molar-refractivity contribution >= 4 is 17.3 Å². The highest BCUT2D eigenvalue weighted by Gasteiger charge is 2.22. The van der Waals surface area contributed by atoms with Crippen molar-refractivity contribution in [3.8, 4) is 17.2 Å². The zero-order valence-corrected chi connectivity index (χ0v) is 15.3. The lowest BCUT2D eigenvalue weighted by Gasteiger charge is -2.11. The molecule has 7 nitrogen and oxygen atoms in total. The van der Waals surface area contributed by atoms with Gasteiger partial charge in [0.1, 0.15) is 11.3 Å². The molecule has 28 heavy (non-hydrogen) atoms. The molecular formula is C21H18N2O5. The summed E-state index contributed by atoms with van der Waals surface area (Å²) in [5.41, 5.74) is 0.738. The van der Waals surface area contributed by atoms with E-state index in [4.69, 9.17) is 9.47 Å². The molecule has 1 N–H and O–H groups in total. The van der Waals surface area contributed by atoms with Gasteiger partial charge in [-0.25, -0.2) is 0 Å². The third kappa shape index (κ3) is 4.09. The second kappa shape index (κ2) is 8.22. The summed E-state index contributed by atoms with van der Waals surface area (Å²) in [5.74, 6) is 1.18. The Kier molecular flexibility index (Phi) is 5.55. The molecule has 0 fully saturated rings. The van der Waals surface area contributed by atoms with Crippen molar-refractivity contribution in [1.82, 2.24) is 0 Å². The second-order valence-corrected chi connectivity index (χ2v) is 5.96. The first-order valence-electron chi connectivity index (χ1n) is 8.46. The van der Waals surface area contributed by atoms with Crippen molar-refractivity contribution in [2.75, 3.05) is 12.4 Å². The fraction of sp³-hybridized carbons (Fsp3) is 0.0952. The van der Waals surface area contributed by atoms with Crippen molar-refractivity contribution in [2.45, 2.75) is 6.92 Å². The van der Waals surface area contributed by atoms with Crippen LogP contribution in [0.25, 0.3) is 0 Å². The van der Waals surface area contributed by atoms with Gasteiger partial charge in [0, 0.05) is 11.3 Å². The molecular weight excluding hydrogens is 360 g/mol. The third-order valence-electron chi connectivity index (χ3n) is 4.07. The number of amides is 1. The van der Waals surface area contributed by atoms with E-state index in [1.165, 1.54) is 6.07 Å². The molecule has 0 aliphatic heterocycles. The van der Waals surface area contributed by atoms with E-state index in [-0.39, 0.29) is 11.3 Å². The summed E-state index contributed by atoms with van der Waals surface area (Å²) < 4.78 is 11.0. The number of aryl methyl sites for hydroxylation is 1. The van der Waals surface area contributed by atoms with E-state index in [1.807, 2.05) is 12.1 Å². The standard InChI is InChI=1S/C21H18N2O5/c1-14-6-5-7-17(20(14)23(25)26)21(24)22-15-10-12-16(13-11-15)28-19-9-4-3-8-18(19)27-2/h3-13H,1-2H3,(H,22,24). The van der Waals surface area contributed by atoms with Crippen molar-refractivity contribution in [2.24, 2.45) is 0 Å². The number of carbonyl (C=O) groups is 1. The van der Waals surface area contributed by atoms with Crippen molar-refractivity contribution in [1.29, 1.82) is 0 Å². The molecule has 142 valence electrons. The molecule has 0 saturated carbocycles. The maximum absolute atomic E-state index is 12.5. The van der Waals surface area contributed by atoms with Gasteiger partial charge in [0.2, 0.25) is 0 Å². The molecule has 3 aromatic rings. The molecule has 0 unspecified atom stereocenters. The van der Waals surface area contributed by atoms with Gasteiger partial charge in [-0.05, 0) is 49.4 Å². The highest BCUT2D eigenvalue weighted by molar-refractivity contribution is 6.07. The average Bonchev–Trinajstić information content (AvgIpc) is 2.69. The van der Waals surface area contributed by atoms with Crippen LogP contribution in [0.2, 0.25) is 0 Å². The van der Waals surface area contributed by atoms with Crippen LogP contribution >= 0.6 is 0 Å². The molecule has 0 aliphatic rings. The van der Waals surface area contributed by atoms with Crippen molar-refractivity contribution < 1.29 is 19.2 Å². The Bertz CT molecular complexity index is 1020. The topological polar surface area (TPSA) is 90.7 Å². The van der Waals surface area contributed by atoms with Gasteiger partial charge >= 0.3 is 0 Å². The Hall–Kier alpha value is -3.87. The first-order valence-corrected chi connectivity index (χ1v) is 8.46. The summed E-state index contributed by atoms with van der Waals surface area (Å²) in [5, 5.41) is 13.9. The van der Waals surface area contributed by atoms with Gasteiger partial charge in [0.15, 0.2) is 11.5 Å². The molecule has 3 aromatic carbocycles. The van der Waals surface area contributed by atoms with Crippen LogP contribution in [-0.4, -0.2) is 17.9 Å². The normalized spacial score (nSPS) is 10.2. The Balaban J connectivity index is 1.75. The number of ether oxygens (including phenoxy) is 2. The van der Waals surface area contributed by atoms with Gasteiger partial charge in [-0.1, -0.05) is 24.3 Å². The molecule has 0 heterocycles. The Morgan fingerprint density at radius 1 is 0.964 bits per heavy atom. The number of hydrogen-bond donors (Lipinski definition) is 1. The van der Waals surface area contributed by atoms with Gasteiger partial charge in [-0.3, -0.25) is 14.9 Å². The number of rotatable bonds is 6. The quantitative estimate of drug-likeness (QED) is 0.484. The van der Waals surface area contributed by atoms with Crippen molar-refractivity contribution in [3.05, 3.63) is 88.0 Å². The lowest BCUT2D eigenvalue weighted by Crippen LogP contribution is -2.14. The number of nitro groups is 1. The summed E-state index contributed by atoms with van der Waals surface area (Å²) in [6.45, 7) is 1.60. The summed E-state index contributed by atoms with van der Waals surface area (Å²) in [6.07, 6.45) is 0. The van der Waals surface area contributed by atoms with Crippen molar-refractivity contribution in [3.63, 3.8) is 0 Å². The highest BCUT2D eigenvalue weighted by atomic mass is 16.6. The zero-order valence-electron chi connectivity index (χ0n) is 15.3. The Morgan fingerprint density at radius 2 is 1.64 bits per heavy atom. The van der Waals surface area contributed by atoms with Crippen LogP contribution < -0.4 is 14.8 Å². The van der Waals surface area contributed by atoms with E-state index in [1.54, 1.807) is 62.6 Å². The number of nitrogens with one attached hydrogen (secondary N) is 1. The number of benzene rings is 3. The molecule has 7 heteroatoms. The fourth-order valence-electron chi connectivity index (χ4n) is 2.72. The minimum absolute atomic E-state index is 0.0133. The number of nitrogens with zero attached hydrogens (tertiary/aromatic N) is 1. The lowest BCUT2D eigenvalue weighted by molar-refractivity contribution is -0.385. The summed E-state index contributed by atoms with van der Waals surface area (Å²) in [6, 6.07) is 18.6. The van der Waals surface area contributed by atoms with Crippen LogP contribution in [-0.2, 0) is 0 Å². The smallest absolute Gasteiger partial charge is 0.285 e. The predicted molar refractivity (Wildman–Crippen MR) is 105 cm³/mol. The Morgan fingerprint density at radius 3 is 2.29 bits per heavy atom. The van der Waals surface area contributed by atoms with E-state index >= 15 is 0 Å². The van der Waals surface area contributed by atoms with Crippen LogP contribution in [0.15, 0.2) is 66.7 Å². The van der Waals surface area contributed by atoms with Gasteiger partial charge in [-0.2, -0.15) is 0 Å². The molecule has 0 bridgehead atoms. The van der Waals surface area contributed by atoms with E-state index in [2.05, 4.69) is 5.32 Å². The SMILES string of the molecule is COc1ccccc1Oc1ccc(NC(=O)c2cccc(C)c2[N+](=O)[O-])cc1. The van der Waals surface area contributed by atoms with Crippen LogP contribution in [0.5, 0.6) is 17.2 Å². The molecule has 3 rings (SSSR count). The molecule has 0 atom stereocenters. The zero-order chi connectivity index (χ0) is 20.1. The van der Waals surface area contributed by atoms with E-state index in [0.717, 1.165) is 0 Å². The van der Waals surface area contributed by atoms with E-state index < -0.39 is 10.8 Å². The molecule has 0 aromatic heterocycles. The summed E-state index contributed by atoms with van der Waals surface area (Å²) >= 11 is 0. The molecule has 0 saturated heterocycles. The van der Waals surface area contributed by atoms with E-state index in [9.17, 15) is 14.9 Å². The van der Waals surface area contributed by atoms with E-state index in [0.29, 0.717) is 28.5 Å². The van der Waals surface area contributed by atoms with Crippen LogP contribution in [0, 0.1) is 17.0 Å². The maximum Gasteiger partial charge on any atom is 0.285 e. The molecule has 0 spiro atoms. The molecule has 1 amide bonds. The predicted octanol–water partition coefficient (Wildman–Crippen LogP) is 4.96. The Labute approximate surface area is 161 Å². The number of carbonyl (C=O) groups excluding carboxylic acids is 1. The lowest BCUT2D eigenvalue weighted by atomic mass is 10.1. The molecule has 0 aliphatic carbocycles. The number of para-hydroxylation sites is 3. The number of anilines is 1.